The molecule has 12 heteroatoms. The minimum atomic E-state index is -3.38. The Labute approximate surface area is 207 Å². The van der Waals surface area contributed by atoms with Crippen molar-refractivity contribution in [1.29, 1.82) is 0 Å². The first-order chi connectivity index (χ1) is 16.7. The second-order valence-corrected chi connectivity index (χ2v) is 10.6. The molecule has 1 saturated heterocycles. The summed E-state index contributed by atoms with van der Waals surface area (Å²) in [6.07, 6.45) is 3.99. The van der Waals surface area contributed by atoms with Crippen LogP contribution in [0.4, 0.5) is 17.3 Å². The molecule has 2 aromatic carbocycles. The number of amides is 2. The number of benzene rings is 2. The predicted octanol–water partition coefficient (Wildman–Crippen LogP) is 2.75. The first-order valence-corrected chi connectivity index (χ1v) is 12.7. The van der Waals surface area contributed by atoms with Gasteiger partial charge in [-0.1, -0.05) is 11.6 Å². The molecule has 0 saturated carbocycles. The topological polar surface area (TPSA) is 156 Å². The average Bonchev–Trinajstić information content (AvgIpc) is 2.86. The van der Waals surface area contributed by atoms with Gasteiger partial charge in [-0.2, -0.15) is 0 Å². The van der Waals surface area contributed by atoms with Crippen LogP contribution in [0.2, 0.25) is 5.02 Å². The van der Waals surface area contributed by atoms with Crippen molar-refractivity contribution in [3.8, 4) is 0 Å². The number of primary amides is 1. The summed E-state index contributed by atoms with van der Waals surface area (Å²) in [5.74, 6) is -0.968. The summed E-state index contributed by atoms with van der Waals surface area (Å²) in [4.78, 5) is 32.5. The molecular weight excluding hydrogens is 492 g/mol. The number of nitrogens with two attached hydrogens (primary N) is 1. The van der Waals surface area contributed by atoms with Crippen LogP contribution in [-0.4, -0.2) is 48.5 Å². The van der Waals surface area contributed by atoms with Gasteiger partial charge in [-0.15, -0.1) is 0 Å². The van der Waals surface area contributed by atoms with Crippen molar-refractivity contribution in [2.45, 2.75) is 23.0 Å². The lowest BCUT2D eigenvalue weighted by Gasteiger charge is -2.22. The number of nitrogens with zero attached hydrogens (tertiary/aromatic N) is 2. The molecule has 0 spiro atoms. The van der Waals surface area contributed by atoms with Gasteiger partial charge in [0.1, 0.15) is 0 Å². The first kappa shape index (κ1) is 24.6. The number of sulfone groups is 1. The van der Waals surface area contributed by atoms with Crippen LogP contribution in [0.1, 0.15) is 33.6 Å². The van der Waals surface area contributed by atoms with Gasteiger partial charge < -0.3 is 21.7 Å². The molecule has 1 aliphatic heterocycles. The van der Waals surface area contributed by atoms with Gasteiger partial charge in [0.2, 0.25) is 11.9 Å². The van der Waals surface area contributed by atoms with Gasteiger partial charge in [0.15, 0.2) is 9.84 Å². The fraction of sp³-hybridized carbons (Fsp3) is 0.217. The molecule has 0 bridgehead atoms. The summed E-state index contributed by atoms with van der Waals surface area (Å²) >= 11 is 6.07. The van der Waals surface area contributed by atoms with Gasteiger partial charge in [-0.05, 0) is 68.4 Å². The third-order valence-corrected chi connectivity index (χ3v) is 8.18. The number of rotatable bonds is 7. The van der Waals surface area contributed by atoms with Crippen molar-refractivity contribution in [1.82, 2.24) is 15.3 Å². The fourth-order valence-electron chi connectivity index (χ4n) is 3.66. The fourth-order valence-corrected chi connectivity index (χ4v) is 5.62. The van der Waals surface area contributed by atoms with E-state index in [1.54, 1.807) is 24.3 Å². The van der Waals surface area contributed by atoms with E-state index in [9.17, 15) is 18.0 Å². The Morgan fingerprint density at radius 2 is 1.66 bits per heavy atom. The van der Waals surface area contributed by atoms with E-state index in [1.165, 1.54) is 30.6 Å². The summed E-state index contributed by atoms with van der Waals surface area (Å²) in [6.45, 7) is 1.40. The Hall–Kier alpha value is -3.54. The average molecular weight is 515 g/mol. The number of hydrogen-bond donors (Lipinski definition) is 4. The summed E-state index contributed by atoms with van der Waals surface area (Å²) in [5, 5.41) is 8.57. The number of nitrogens with one attached hydrogen (secondary N) is 3. The highest BCUT2D eigenvalue weighted by Crippen LogP contribution is 2.25. The van der Waals surface area contributed by atoms with Gasteiger partial charge >= 0.3 is 0 Å². The number of halogens is 1. The molecule has 0 aliphatic carbocycles. The van der Waals surface area contributed by atoms with Crippen LogP contribution in [0.3, 0.4) is 0 Å². The maximum atomic E-state index is 12.8. The lowest BCUT2D eigenvalue weighted by atomic mass is 10.1. The molecule has 4 rings (SSSR count). The predicted molar refractivity (Wildman–Crippen MR) is 133 cm³/mol. The van der Waals surface area contributed by atoms with Crippen LogP contribution in [0.5, 0.6) is 0 Å². The monoisotopic (exact) mass is 514 g/mol. The molecule has 0 unspecified atom stereocenters. The maximum Gasteiger partial charge on any atom is 0.257 e. The van der Waals surface area contributed by atoms with Crippen molar-refractivity contribution in [2.75, 3.05) is 23.7 Å². The molecule has 1 aliphatic rings. The standard InChI is InChI=1S/C23H23ClN6O4S/c24-20-6-1-14(21(25)31)11-19(20)22(32)29-16-12-27-23(28-13-16)30-15-2-4-17(5-3-15)35(33,34)18-7-9-26-10-8-18/h1-6,11-13,18,26H,7-10H2,(H2,25,31)(H,29,32)(H,27,28,30). The van der Waals surface area contributed by atoms with Crippen LogP contribution in [0, 0.1) is 0 Å². The van der Waals surface area contributed by atoms with Gasteiger partial charge in [-0.25, -0.2) is 18.4 Å². The van der Waals surface area contributed by atoms with Crippen LogP contribution in [0.25, 0.3) is 0 Å². The molecule has 1 fully saturated rings. The number of aromatic nitrogens is 2. The van der Waals surface area contributed by atoms with Crippen molar-refractivity contribution in [2.24, 2.45) is 5.73 Å². The SMILES string of the molecule is NC(=O)c1ccc(Cl)c(C(=O)Nc2cnc(Nc3ccc(S(=O)(=O)C4CCNCC4)cc3)nc2)c1. The highest BCUT2D eigenvalue weighted by atomic mass is 35.5. The third kappa shape index (κ3) is 5.76. The molecule has 2 amide bonds. The van der Waals surface area contributed by atoms with E-state index in [2.05, 4.69) is 25.9 Å². The zero-order chi connectivity index (χ0) is 25.0. The molecule has 2 heterocycles. The van der Waals surface area contributed by atoms with E-state index in [1.807, 2.05) is 0 Å². The Balaban J connectivity index is 1.40. The molecular formula is C23H23ClN6O4S. The Morgan fingerprint density at radius 3 is 2.29 bits per heavy atom. The smallest absolute Gasteiger partial charge is 0.257 e. The number of piperidine rings is 1. The van der Waals surface area contributed by atoms with E-state index in [0.29, 0.717) is 37.3 Å². The van der Waals surface area contributed by atoms with E-state index < -0.39 is 21.7 Å². The largest absolute Gasteiger partial charge is 0.366 e. The number of hydrogen-bond acceptors (Lipinski definition) is 8. The molecule has 35 heavy (non-hydrogen) atoms. The van der Waals surface area contributed by atoms with Gasteiger partial charge in [-0.3, -0.25) is 9.59 Å². The molecule has 1 aromatic heterocycles. The van der Waals surface area contributed by atoms with Crippen LogP contribution in [-0.2, 0) is 9.84 Å². The highest BCUT2D eigenvalue weighted by molar-refractivity contribution is 7.92. The number of anilines is 3. The van der Waals surface area contributed by atoms with Crippen LogP contribution >= 0.6 is 11.6 Å². The summed E-state index contributed by atoms with van der Waals surface area (Å²) in [7, 11) is -3.38. The Bertz CT molecular complexity index is 1340. The summed E-state index contributed by atoms with van der Waals surface area (Å²) in [6, 6.07) is 10.6. The van der Waals surface area contributed by atoms with Crippen molar-refractivity contribution in [3.05, 3.63) is 71.0 Å². The van der Waals surface area contributed by atoms with Crippen LogP contribution in [0.15, 0.2) is 59.8 Å². The van der Waals surface area contributed by atoms with Gasteiger partial charge in [0, 0.05) is 11.3 Å². The second kappa shape index (κ2) is 10.4. The zero-order valence-electron chi connectivity index (χ0n) is 18.5. The van der Waals surface area contributed by atoms with Crippen molar-refractivity contribution >= 4 is 50.6 Å². The summed E-state index contributed by atoms with van der Waals surface area (Å²) in [5.41, 5.74) is 6.42. The number of carbonyl (C=O) groups is 2. The molecule has 0 atom stereocenters. The minimum Gasteiger partial charge on any atom is -0.366 e. The zero-order valence-corrected chi connectivity index (χ0v) is 20.1. The van der Waals surface area contributed by atoms with Crippen LogP contribution < -0.4 is 21.7 Å². The Morgan fingerprint density at radius 1 is 1.00 bits per heavy atom. The van der Waals surface area contributed by atoms with E-state index in [4.69, 9.17) is 17.3 Å². The second-order valence-electron chi connectivity index (χ2n) is 7.95. The molecule has 10 nitrogen and oxygen atoms in total. The van der Waals surface area contributed by atoms with Gasteiger partial charge in [0.25, 0.3) is 5.91 Å². The normalized spacial score (nSPS) is 14.3. The number of carbonyl (C=O) groups excluding carboxylic acids is 2. The molecule has 0 radical (unpaired) electrons. The third-order valence-electron chi connectivity index (χ3n) is 5.57. The molecule has 3 aromatic rings. The quantitative estimate of drug-likeness (QED) is 0.375. The highest BCUT2D eigenvalue weighted by Gasteiger charge is 2.28. The lowest BCUT2D eigenvalue weighted by molar-refractivity contribution is 0.1000. The van der Waals surface area contributed by atoms with E-state index >= 15 is 0 Å². The van der Waals surface area contributed by atoms with Crippen molar-refractivity contribution in [3.63, 3.8) is 0 Å². The Kier molecular flexibility index (Phi) is 7.29. The maximum absolute atomic E-state index is 12.8. The lowest BCUT2D eigenvalue weighted by Crippen LogP contribution is -2.35. The first-order valence-electron chi connectivity index (χ1n) is 10.8. The molecule has 5 N–H and O–H groups in total. The van der Waals surface area contributed by atoms with E-state index in [0.717, 1.165) is 0 Å². The van der Waals surface area contributed by atoms with Crippen molar-refractivity contribution < 1.29 is 18.0 Å². The van der Waals surface area contributed by atoms with Gasteiger partial charge in [0.05, 0.1) is 38.8 Å². The summed E-state index contributed by atoms with van der Waals surface area (Å²) < 4.78 is 25.6. The van der Waals surface area contributed by atoms with E-state index in [-0.39, 0.29) is 32.2 Å². The molecule has 182 valence electrons. The minimum absolute atomic E-state index is 0.0877.